The number of nitrogens with zero attached hydrogens (tertiary/aromatic N) is 1. The van der Waals surface area contributed by atoms with Crippen molar-refractivity contribution < 1.29 is 17.2 Å². The SMILES string of the molecule is CCN(CCCNCc1cccc(F)c1F)S(C)(=O)=O. The molecule has 1 aromatic carbocycles. The molecule has 1 rings (SSSR count). The molecule has 0 saturated carbocycles. The largest absolute Gasteiger partial charge is 0.313 e. The molecule has 0 saturated heterocycles. The number of hydrogen-bond donors (Lipinski definition) is 1. The Morgan fingerprint density at radius 3 is 2.60 bits per heavy atom. The molecule has 0 amide bonds. The van der Waals surface area contributed by atoms with E-state index in [1.54, 1.807) is 6.92 Å². The van der Waals surface area contributed by atoms with Crippen LogP contribution in [0.15, 0.2) is 18.2 Å². The van der Waals surface area contributed by atoms with Gasteiger partial charge in [-0.1, -0.05) is 19.1 Å². The molecule has 0 fully saturated rings. The van der Waals surface area contributed by atoms with Gasteiger partial charge in [-0.25, -0.2) is 21.5 Å². The van der Waals surface area contributed by atoms with Crippen LogP contribution in [0.1, 0.15) is 18.9 Å². The second-order valence-electron chi connectivity index (χ2n) is 4.50. The van der Waals surface area contributed by atoms with Crippen molar-refractivity contribution in [2.45, 2.75) is 19.9 Å². The maximum Gasteiger partial charge on any atom is 0.211 e. The van der Waals surface area contributed by atoms with Crippen LogP contribution in [0.4, 0.5) is 8.78 Å². The van der Waals surface area contributed by atoms with Gasteiger partial charge in [0.15, 0.2) is 11.6 Å². The van der Waals surface area contributed by atoms with Gasteiger partial charge in [-0.15, -0.1) is 0 Å². The number of sulfonamides is 1. The molecule has 4 nitrogen and oxygen atoms in total. The molecule has 0 aliphatic heterocycles. The van der Waals surface area contributed by atoms with Crippen molar-refractivity contribution in [2.75, 3.05) is 25.9 Å². The zero-order chi connectivity index (χ0) is 15.2. The summed E-state index contributed by atoms with van der Waals surface area (Å²) < 4.78 is 50.4. The van der Waals surface area contributed by atoms with Crippen LogP contribution >= 0.6 is 0 Å². The van der Waals surface area contributed by atoms with E-state index in [0.717, 1.165) is 6.07 Å². The van der Waals surface area contributed by atoms with Crippen LogP contribution in [-0.2, 0) is 16.6 Å². The number of benzene rings is 1. The third-order valence-electron chi connectivity index (χ3n) is 2.93. The summed E-state index contributed by atoms with van der Waals surface area (Å²) >= 11 is 0. The molecule has 0 aromatic heterocycles. The first-order chi connectivity index (χ1) is 9.36. The normalized spacial score (nSPS) is 12.1. The van der Waals surface area contributed by atoms with Crippen LogP contribution in [0, 0.1) is 11.6 Å². The Balaban J connectivity index is 2.34. The summed E-state index contributed by atoms with van der Waals surface area (Å²) in [7, 11) is -3.17. The predicted octanol–water partition coefficient (Wildman–Crippen LogP) is 1.73. The zero-order valence-corrected chi connectivity index (χ0v) is 12.5. The molecule has 0 atom stereocenters. The molecule has 0 bridgehead atoms. The lowest BCUT2D eigenvalue weighted by Crippen LogP contribution is -2.32. The fourth-order valence-corrected chi connectivity index (χ4v) is 2.78. The molecule has 0 unspecified atom stereocenters. The highest BCUT2D eigenvalue weighted by Gasteiger charge is 2.13. The number of halogens is 2. The van der Waals surface area contributed by atoms with Crippen molar-refractivity contribution in [3.63, 3.8) is 0 Å². The molecule has 20 heavy (non-hydrogen) atoms. The van der Waals surface area contributed by atoms with Crippen molar-refractivity contribution in [3.8, 4) is 0 Å². The fraction of sp³-hybridized carbons (Fsp3) is 0.538. The summed E-state index contributed by atoms with van der Waals surface area (Å²) in [5.74, 6) is -1.70. The molecule has 1 aromatic rings. The van der Waals surface area contributed by atoms with Gasteiger partial charge < -0.3 is 5.32 Å². The number of nitrogens with one attached hydrogen (secondary N) is 1. The average molecular weight is 306 g/mol. The molecule has 0 aliphatic carbocycles. The Morgan fingerprint density at radius 2 is 2.00 bits per heavy atom. The Labute approximate surface area is 118 Å². The third-order valence-corrected chi connectivity index (χ3v) is 4.31. The van der Waals surface area contributed by atoms with Crippen molar-refractivity contribution >= 4 is 10.0 Å². The van der Waals surface area contributed by atoms with Gasteiger partial charge in [0.05, 0.1) is 6.26 Å². The van der Waals surface area contributed by atoms with E-state index in [1.807, 2.05) is 0 Å². The van der Waals surface area contributed by atoms with Crippen LogP contribution in [0.3, 0.4) is 0 Å². The quantitative estimate of drug-likeness (QED) is 0.744. The van der Waals surface area contributed by atoms with E-state index in [-0.39, 0.29) is 12.1 Å². The summed E-state index contributed by atoms with van der Waals surface area (Å²) in [6, 6.07) is 4.04. The van der Waals surface area contributed by atoms with E-state index in [2.05, 4.69) is 5.32 Å². The maximum atomic E-state index is 13.3. The van der Waals surface area contributed by atoms with Crippen LogP contribution < -0.4 is 5.32 Å². The van der Waals surface area contributed by atoms with Crippen LogP contribution in [0.2, 0.25) is 0 Å². The summed E-state index contributed by atoms with van der Waals surface area (Å²) in [6.45, 7) is 3.36. The van der Waals surface area contributed by atoms with Crippen molar-refractivity contribution in [2.24, 2.45) is 0 Å². The molecule has 0 heterocycles. The molecule has 114 valence electrons. The van der Waals surface area contributed by atoms with Gasteiger partial charge in [0.2, 0.25) is 10.0 Å². The Bertz CT molecular complexity index is 535. The Hall–Kier alpha value is -1.05. The highest BCUT2D eigenvalue weighted by atomic mass is 32.2. The van der Waals surface area contributed by atoms with Crippen LogP contribution in [0.25, 0.3) is 0 Å². The topological polar surface area (TPSA) is 49.4 Å². The van der Waals surface area contributed by atoms with Crippen molar-refractivity contribution in [1.29, 1.82) is 0 Å². The minimum absolute atomic E-state index is 0.217. The first-order valence-electron chi connectivity index (χ1n) is 6.45. The summed E-state index contributed by atoms with van der Waals surface area (Å²) in [5.41, 5.74) is 0.264. The molecule has 0 spiro atoms. The van der Waals surface area contributed by atoms with Crippen molar-refractivity contribution in [1.82, 2.24) is 9.62 Å². The maximum absolute atomic E-state index is 13.3. The molecule has 0 radical (unpaired) electrons. The molecular formula is C13H20F2N2O2S. The van der Waals surface area contributed by atoms with E-state index < -0.39 is 21.7 Å². The van der Waals surface area contributed by atoms with E-state index in [1.165, 1.54) is 22.7 Å². The van der Waals surface area contributed by atoms with Gasteiger partial charge in [-0.2, -0.15) is 0 Å². The third kappa shape index (κ3) is 5.15. The minimum atomic E-state index is -3.17. The highest BCUT2D eigenvalue weighted by molar-refractivity contribution is 7.88. The number of hydrogen-bond acceptors (Lipinski definition) is 3. The summed E-state index contributed by atoms with van der Waals surface area (Å²) in [5, 5.41) is 2.97. The van der Waals surface area contributed by atoms with Crippen LogP contribution in [-0.4, -0.2) is 38.6 Å². The zero-order valence-electron chi connectivity index (χ0n) is 11.7. The minimum Gasteiger partial charge on any atom is -0.313 e. The van der Waals surface area contributed by atoms with Gasteiger partial charge in [0.25, 0.3) is 0 Å². The Kier molecular flexibility index (Phi) is 6.51. The predicted molar refractivity (Wildman–Crippen MR) is 74.8 cm³/mol. The smallest absolute Gasteiger partial charge is 0.211 e. The first-order valence-corrected chi connectivity index (χ1v) is 8.29. The summed E-state index contributed by atoms with van der Waals surface area (Å²) in [4.78, 5) is 0. The Morgan fingerprint density at radius 1 is 1.30 bits per heavy atom. The lowest BCUT2D eigenvalue weighted by atomic mass is 10.2. The number of rotatable bonds is 8. The van der Waals surface area contributed by atoms with Gasteiger partial charge in [0.1, 0.15) is 0 Å². The second kappa shape index (κ2) is 7.66. The second-order valence-corrected chi connectivity index (χ2v) is 6.48. The lowest BCUT2D eigenvalue weighted by Gasteiger charge is -2.17. The standard InChI is InChI=1S/C13H20F2N2O2S/c1-3-17(20(2,18)19)9-5-8-16-10-11-6-4-7-12(14)13(11)15/h4,6-7,16H,3,5,8-10H2,1-2H3. The van der Waals surface area contributed by atoms with Crippen LogP contribution in [0.5, 0.6) is 0 Å². The monoisotopic (exact) mass is 306 g/mol. The average Bonchev–Trinajstić information content (AvgIpc) is 2.37. The van der Waals surface area contributed by atoms with Gasteiger partial charge in [0, 0.05) is 25.2 Å². The molecule has 0 aliphatic rings. The van der Waals surface area contributed by atoms with Gasteiger partial charge in [-0.05, 0) is 19.0 Å². The van der Waals surface area contributed by atoms with Gasteiger partial charge in [-0.3, -0.25) is 0 Å². The van der Waals surface area contributed by atoms with Crippen molar-refractivity contribution in [3.05, 3.63) is 35.4 Å². The van der Waals surface area contributed by atoms with E-state index in [4.69, 9.17) is 0 Å². The van der Waals surface area contributed by atoms with E-state index in [0.29, 0.717) is 26.1 Å². The lowest BCUT2D eigenvalue weighted by molar-refractivity contribution is 0.418. The molecule has 1 N–H and O–H groups in total. The van der Waals surface area contributed by atoms with E-state index >= 15 is 0 Å². The molecular weight excluding hydrogens is 286 g/mol. The van der Waals surface area contributed by atoms with Gasteiger partial charge >= 0.3 is 0 Å². The van der Waals surface area contributed by atoms with E-state index in [9.17, 15) is 17.2 Å². The first kappa shape index (κ1) is 17.0. The molecule has 7 heteroatoms. The summed E-state index contributed by atoms with van der Waals surface area (Å²) in [6.07, 6.45) is 1.78. The highest BCUT2D eigenvalue weighted by Crippen LogP contribution is 2.10. The fourth-order valence-electron chi connectivity index (χ4n) is 1.85.